The first kappa shape index (κ1) is 11.8. The Hall–Kier alpha value is -1.32. The third-order valence-corrected chi connectivity index (χ3v) is 2.63. The molecule has 0 radical (unpaired) electrons. The minimum Gasteiger partial charge on any atom is -0.480 e. The monoisotopic (exact) mass is 211 g/mol. The Morgan fingerprint density at radius 2 is 2.07 bits per heavy atom. The lowest BCUT2D eigenvalue weighted by atomic mass is 10.1. The van der Waals surface area contributed by atoms with Gasteiger partial charge in [-0.1, -0.05) is 18.9 Å². The fraction of sp³-hybridized carbons (Fsp3) is 0.636. The zero-order chi connectivity index (χ0) is 11.3. The second-order valence-electron chi connectivity index (χ2n) is 3.74. The van der Waals surface area contributed by atoms with Crippen molar-refractivity contribution in [2.75, 3.05) is 6.54 Å². The van der Waals surface area contributed by atoms with E-state index in [-0.39, 0.29) is 5.91 Å². The summed E-state index contributed by atoms with van der Waals surface area (Å²) in [6, 6.07) is -0.642. The van der Waals surface area contributed by atoms with Gasteiger partial charge >= 0.3 is 5.97 Å². The van der Waals surface area contributed by atoms with E-state index in [1.54, 1.807) is 13.0 Å². The van der Waals surface area contributed by atoms with Gasteiger partial charge in [0.25, 0.3) is 0 Å². The van der Waals surface area contributed by atoms with Gasteiger partial charge in [0.1, 0.15) is 6.04 Å². The van der Waals surface area contributed by atoms with Crippen molar-refractivity contribution in [1.29, 1.82) is 0 Å². The van der Waals surface area contributed by atoms with Gasteiger partial charge in [0.2, 0.25) is 5.91 Å². The molecule has 0 saturated carbocycles. The average molecular weight is 211 g/mol. The first-order chi connectivity index (χ1) is 7.16. The van der Waals surface area contributed by atoms with Crippen LogP contribution < -0.4 is 0 Å². The molecule has 1 aliphatic rings. The maximum absolute atomic E-state index is 11.6. The lowest BCUT2D eigenvalue weighted by molar-refractivity contribution is -0.148. The zero-order valence-corrected chi connectivity index (χ0v) is 8.98. The average Bonchev–Trinajstić information content (AvgIpc) is 2.42. The SMILES string of the molecule is CC=CC(=O)N1CCCCCC1C(=O)O. The molecule has 4 heteroatoms. The largest absolute Gasteiger partial charge is 0.480 e. The summed E-state index contributed by atoms with van der Waals surface area (Å²) >= 11 is 0. The van der Waals surface area contributed by atoms with Crippen LogP contribution in [0.5, 0.6) is 0 Å². The van der Waals surface area contributed by atoms with E-state index in [0.717, 1.165) is 19.3 Å². The van der Waals surface area contributed by atoms with Gasteiger partial charge < -0.3 is 10.0 Å². The van der Waals surface area contributed by atoms with Crippen molar-refractivity contribution in [3.05, 3.63) is 12.2 Å². The summed E-state index contributed by atoms with van der Waals surface area (Å²) in [5.74, 6) is -1.08. The second-order valence-corrected chi connectivity index (χ2v) is 3.74. The van der Waals surface area contributed by atoms with Gasteiger partial charge in [-0.25, -0.2) is 4.79 Å². The number of carbonyl (C=O) groups is 2. The third-order valence-electron chi connectivity index (χ3n) is 2.63. The minimum absolute atomic E-state index is 0.188. The standard InChI is InChI=1S/C11H17NO3/c1-2-6-10(13)12-8-5-3-4-7-9(12)11(14)15/h2,6,9H,3-5,7-8H2,1H3,(H,14,15). The number of carbonyl (C=O) groups excluding carboxylic acids is 1. The van der Waals surface area contributed by atoms with Crippen LogP contribution in [0.15, 0.2) is 12.2 Å². The highest BCUT2D eigenvalue weighted by atomic mass is 16.4. The molecule has 0 aromatic rings. The van der Waals surface area contributed by atoms with Crippen LogP contribution in [0, 0.1) is 0 Å². The number of aliphatic carboxylic acids is 1. The molecule has 0 spiro atoms. The first-order valence-corrected chi connectivity index (χ1v) is 5.33. The molecular formula is C11H17NO3. The topological polar surface area (TPSA) is 57.6 Å². The molecule has 0 aromatic heterocycles. The number of carboxylic acids is 1. The Morgan fingerprint density at radius 1 is 1.33 bits per heavy atom. The summed E-state index contributed by atoms with van der Waals surface area (Å²) in [7, 11) is 0. The molecule has 1 amide bonds. The van der Waals surface area contributed by atoms with Crippen molar-refractivity contribution < 1.29 is 14.7 Å². The number of carboxylic acid groups (broad SMARTS) is 1. The Balaban J connectivity index is 2.78. The van der Waals surface area contributed by atoms with E-state index >= 15 is 0 Å². The fourth-order valence-corrected chi connectivity index (χ4v) is 1.87. The molecule has 4 nitrogen and oxygen atoms in total. The molecule has 1 heterocycles. The molecule has 1 N–H and O–H groups in total. The number of allylic oxidation sites excluding steroid dienone is 1. The molecule has 1 saturated heterocycles. The van der Waals surface area contributed by atoms with Crippen LogP contribution in [0.1, 0.15) is 32.6 Å². The van der Waals surface area contributed by atoms with E-state index in [2.05, 4.69) is 0 Å². The van der Waals surface area contributed by atoms with Gasteiger partial charge in [-0.2, -0.15) is 0 Å². The lowest BCUT2D eigenvalue weighted by Crippen LogP contribution is -2.43. The van der Waals surface area contributed by atoms with E-state index in [4.69, 9.17) is 5.11 Å². The van der Waals surface area contributed by atoms with Crippen LogP contribution >= 0.6 is 0 Å². The van der Waals surface area contributed by atoms with Crippen molar-refractivity contribution >= 4 is 11.9 Å². The number of hydrogen-bond donors (Lipinski definition) is 1. The van der Waals surface area contributed by atoms with E-state index in [0.29, 0.717) is 13.0 Å². The predicted octanol–water partition coefficient (Wildman–Crippen LogP) is 1.42. The van der Waals surface area contributed by atoms with Gasteiger partial charge in [0, 0.05) is 6.54 Å². The van der Waals surface area contributed by atoms with Crippen molar-refractivity contribution in [2.45, 2.75) is 38.6 Å². The second kappa shape index (κ2) is 5.53. The molecule has 0 aliphatic carbocycles. The molecule has 0 aromatic carbocycles. The fourth-order valence-electron chi connectivity index (χ4n) is 1.87. The Bertz CT molecular complexity index is 273. The molecule has 1 atom stereocenters. The van der Waals surface area contributed by atoms with E-state index in [1.807, 2.05) is 0 Å². The smallest absolute Gasteiger partial charge is 0.326 e. The quantitative estimate of drug-likeness (QED) is 0.703. The van der Waals surface area contributed by atoms with Gasteiger partial charge in [0.05, 0.1) is 0 Å². The number of hydrogen-bond acceptors (Lipinski definition) is 2. The van der Waals surface area contributed by atoms with E-state index in [9.17, 15) is 9.59 Å². The molecule has 1 aliphatic heterocycles. The zero-order valence-electron chi connectivity index (χ0n) is 8.98. The summed E-state index contributed by atoms with van der Waals surface area (Å²) in [4.78, 5) is 24.1. The number of rotatable bonds is 2. The molecule has 84 valence electrons. The summed E-state index contributed by atoms with van der Waals surface area (Å²) in [5.41, 5.74) is 0. The van der Waals surface area contributed by atoms with Gasteiger partial charge in [-0.05, 0) is 25.8 Å². The molecule has 1 rings (SSSR count). The van der Waals surface area contributed by atoms with Crippen LogP contribution in [0.4, 0.5) is 0 Å². The van der Waals surface area contributed by atoms with Crippen molar-refractivity contribution in [1.82, 2.24) is 4.90 Å². The van der Waals surface area contributed by atoms with Gasteiger partial charge in [0.15, 0.2) is 0 Å². The summed E-state index contributed by atoms with van der Waals surface area (Å²) in [5, 5.41) is 9.03. The number of nitrogens with zero attached hydrogens (tertiary/aromatic N) is 1. The van der Waals surface area contributed by atoms with Crippen molar-refractivity contribution in [3.8, 4) is 0 Å². The van der Waals surface area contributed by atoms with E-state index in [1.165, 1.54) is 11.0 Å². The van der Waals surface area contributed by atoms with E-state index < -0.39 is 12.0 Å². The van der Waals surface area contributed by atoms with Crippen LogP contribution in [-0.2, 0) is 9.59 Å². The molecule has 0 bridgehead atoms. The van der Waals surface area contributed by atoms with Gasteiger partial charge in [-0.3, -0.25) is 4.79 Å². The highest BCUT2D eigenvalue weighted by molar-refractivity contribution is 5.91. The maximum Gasteiger partial charge on any atom is 0.326 e. The van der Waals surface area contributed by atoms with Crippen LogP contribution in [0.2, 0.25) is 0 Å². The molecule has 1 unspecified atom stereocenters. The normalized spacial score (nSPS) is 22.7. The summed E-state index contributed by atoms with van der Waals surface area (Å²) in [6.07, 6.45) is 6.43. The number of likely N-dealkylation sites (tertiary alicyclic amines) is 1. The first-order valence-electron chi connectivity index (χ1n) is 5.33. The molecule has 1 fully saturated rings. The highest BCUT2D eigenvalue weighted by Crippen LogP contribution is 2.17. The number of amides is 1. The molecular weight excluding hydrogens is 194 g/mol. The predicted molar refractivity (Wildman–Crippen MR) is 56.4 cm³/mol. The van der Waals surface area contributed by atoms with Gasteiger partial charge in [-0.15, -0.1) is 0 Å². The van der Waals surface area contributed by atoms with Crippen LogP contribution in [0.25, 0.3) is 0 Å². The van der Waals surface area contributed by atoms with Crippen LogP contribution in [0.3, 0.4) is 0 Å². The van der Waals surface area contributed by atoms with Crippen LogP contribution in [-0.4, -0.2) is 34.5 Å². The molecule has 15 heavy (non-hydrogen) atoms. The minimum atomic E-state index is -0.894. The Morgan fingerprint density at radius 3 is 2.67 bits per heavy atom. The van der Waals surface area contributed by atoms with Crippen molar-refractivity contribution in [3.63, 3.8) is 0 Å². The lowest BCUT2D eigenvalue weighted by Gasteiger charge is -2.25. The Kier molecular flexibility index (Phi) is 4.34. The Labute approximate surface area is 89.6 Å². The highest BCUT2D eigenvalue weighted by Gasteiger charge is 2.29. The van der Waals surface area contributed by atoms with Crippen molar-refractivity contribution in [2.24, 2.45) is 0 Å². The summed E-state index contributed by atoms with van der Waals surface area (Å²) < 4.78 is 0. The summed E-state index contributed by atoms with van der Waals surface area (Å²) in [6.45, 7) is 2.31. The third kappa shape index (κ3) is 3.08. The maximum atomic E-state index is 11.6.